The van der Waals surface area contributed by atoms with Gasteiger partial charge in [0.1, 0.15) is 11.5 Å². The zero-order valence-electron chi connectivity index (χ0n) is 9.25. The lowest BCUT2D eigenvalue weighted by Crippen LogP contribution is -1.83. The van der Waals surface area contributed by atoms with Crippen molar-refractivity contribution in [2.45, 2.75) is 0 Å². The Labute approximate surface area is 102 Å². The molecule has 0 saturated carbocycles. The highest BCUT2D eigenvalue weighted by molar-refractivity contribution is 5.57. The van der Waals surface area contributed by atoms with Gasteiger partial charge in [-0.3, -0.25) is 4.98 Å². The first-order valence-corrected chi connectivity index (χ1v) is 5.34. The van der Waals surface area contributed by atoms with Crippen LogP contribution in [0.3, 0.4) is 0 Å². The van der Waals surface area contributed by atoms with Crippen LogP contribution in [0.5, 0.6) is 0 Å². The van der Waals surface area contributed by atoms with Crippen molar-refractivity contribution < 1.29 is 8.91 Å². The second-order valence-corrected chi connectivity index (χ2v) is 3.65. The third kappa shape index (κ3) is 1.98. The molecule has 0 amide bonds. The number of halogens is 1. The molecular formula is C13H8FN3O. The number of rotatable bonds is 2. The summed E-state index contributed by atoms with van der Waals surface area (Å²) in [4.78, 5) is 8.33. The molecule has 2 heterocycles. The van der Waals surface area contributed by atoms with E-state index in [2.05, 4.69) is 15.1 Å². The van der Waals surface area contributed by atoms with Crippen molar-refractivity contribution in [2.75, 3.05) is 0 Å². The van der Waals surface area contributed by atoms with E-state index in [9.17, 15) is 4.39 Å². The fourth-order valence-electron chi connectivity index (χ4n) is 1.53. The van der Waals surface area contributed by atoms with Gasteiger partial charge in [-0.25, -0.2) is 4.39 Å². The Kier molecular flexibility index (Phi) is 2.57. The first-order chi connectivity index (χ1) is 8.83. The van der Waals surface area contributed by atoms with Crippen molar-refractivity contribution >= 4 is 0 Å². The molecule has 0 aliphatic carbocycles. The van der Waals surface area contributed by atoms with Gasteiger partial charge in [0.15, 0.2) is 0 Å². The molecule has 0 atom stereocenters. The lowest BCUT2D eigenvalue weighted by atomic mass is 10.2. The van der Waals surface area contributed by atoms with E-state index >= 15 is 0 Å². The molecule has 0 bridgehead atoms. The van der Waals surface area contributed by atoms with Crippen LogP contribution in [0, 0.1) is 5.82 Å². The van der Waals surface area contributed by atoms with Gasteiger partial charge in [0.2, 0.25) is 5.82 Å². The van der Waals surface area contributed by atoms with Crippen LogP contribution in [0.1, 0.15) is 0 Å². The highest BCUT2D eigenvalue weighted by Crippen LogP contribution is 2.20. The first-order valence-electron chi connectivity index (χ1n) is 5.34. The topological polar surface area (TPSA) is 51.8 Å². The van der Waals surface area contributed by atoms with Crippen molar-refractivity contribution in [1.29, 1.82) is 0 Å². The number of hydrogen-bond acceptors (Lipinski definition) is 4. The molecule has 5 heteroatoms. The molecule has 3 aromatic rings. The fourth-order valence-corrected chi connectivity index (χ4v) is 1.53. The van der Waals surface area contributed by atoms with Gasteiger partial charge in [-0.2, -0.15) is 4.98 Å². The molecule has 18 heavy (non-hydrogen) atoms. The Hall–Kier alpha value is -2.56. The maximum Gasteiger partial charge on any atom is 0.276 e. The average molecular weight is 241 g/mol. The van der Waals surface area contributed by atoms with E-state index < -0.39 is 0 Å². The van der Waals surface area contributed by atoms with Crippen LogP contribution >= 0.6 is 0 Å². The van der Waals surface area contributed by atoms with E-state index in [0.29, 0.717) is 23.0 Å². The highest BCUT2D eigenvalue weighted by Gasteiger charge is 2.10. The van der Waals surface area contributed by atoms with Crippen LogP contribution in [-0.2, 0) is 0 Å². The predicted octanol–water partition coefficient (Wildman–Crippen LogP) is 2.94. The number of nitrogens with zero attached hydrogens (tertiary/aromatic N) is 3. The SMILES string of the molecule is Fc1ccc(-c2noc(-c3ccccn3)n2)cc1. The summed E-state index contributed by atoms with van der Waals surface area (Å²) in [7, 11) is 0. The Bertz CT molecular complexity index is 650. The largest absolute Gasteiger partial charge is 0.332 e. The van der Waals surface area contributed by atoms with Gasteiger partial charge >= 0.3 is 0 Å². The van der Waals surface area contributed by atoms with Crippen molar-refractivity contribution in [3.8, 4) is 23.0 Å². The minimum atomic E-state index is -0.299. The standard InChI is InChI=1S/C13H8FN3O/c14-10-6-4-9(5-7-10)12-16-13(18-17-12)11-3-1-2-8-15-11/h1-8H. The Morgan fingerprint density at radius 1 is 1.00 bits per heavy atom. The minimum Gasteiger partial charge on any atom is -0.332 e. The lowest BCUT2D eigenvalue weighted by molar-refractivity contribution is 0.431. The monoisotopic (exact) mass is 241 g/mol. The number of aromatic nitrogens is 3. The first kappa shape index (κ1) is 10.6. The molecule has 2 aromatic heterocycles. The molecule has 0 N–H and O–H groups in total. The van der Waals surface area contributed by atoms with E-state index in [1.807, 2.05) is 6.07 Å². The van der Waals surface area contributed by atoms with Gasteiger partial charge in [0, 0.05) is 11.8 Å². The Morgan fingerprint density at radius 3 is 2.56 bits per heavy atom. The maximum atomic E-state index is 12.8. The molecule has 0 aliphatic heterocycles. The summed E-state index contributed by atoms with van der Waals surface area (Å²) < 4.78 is 17.9. The molecule has 88 valence electrons. The summed E-state index contributed by atoms with van der Waals surface area (Å²) >= 11 is 0. The van der Waals surface area contributed by atoms with E-state index in [1.165, 1.54) is 12.1 Å². The molecule has 4 nitrogen and oxygen atoms in total. The summed E-state index contributed by atoms with van der Waals surface area (Å²) in [6.45, 7) is 0. The van der Waals surface area contributed by atoms with Crippen LogP contribution in [0.25, 0.3) is 23.0 Å². The molecule has 0 radical (unpaired) electrons. The molecular weight excluding hydrogens is 233 g/mol. The molecule has 0 saturated heterocycles. The minimum absolute atomic E-state index is 0.299. The maximum absolute atomic E-state index is 12.8. The van der Waals surface area contributed by atoms with Crippen LogP contribution < -0.4 is 0 Å². The molecule has 0 fully saturated rings. The Balaban J connectivity index is 1.97. The number of hydrogen-bond donors (Lipinski definition) is 0. The molecule has 1 aromatic carbocycles. The number of benzene rings is 1. The van der Waals surface area contributed by atoms with E-state index in [1.54, 1.807) is 30.5 Å². The van der Waals surface area contributed by atoms with Gasteiger partial charge in [0.05, 0.1) is 0 Å². The zero-order valence-corrected chi connectivity index (χ0v) is 9.25. The molecule has 0 aliphatic rings. The molecule has 3 rings (SSSR count). The quantitative estimate of drug-likeness (QED) is 0.692. The second-order valence-electron chi connectivity index (χ2n) is 3.65. The van der Waals surface area contributed by atoms with Crippen molar-refractivity contribution in [2.24, 2.45) is 0 Å². The van der Waals surface area contributed by atoms with Gasteiger partial charge in [-0.05, 0) is 36.4 Å². The van der Waals surface area contributed by atoms with Gasteiger partial charge < -0.3 is 4.52 Å². The summed E-state index contributed by atoms with van der Waals surface area (Å²) in [5.74, 6) is 0.456. The highest BCUT2D eigenvalue weighted by atomic mass is 19.1. The summed E-state index contributed by atoms with van der Waals surface area (Å²) in [6.07, 6.45) is 1.65. The number of pyridine rings is 1. The fraction of sp³-hybridized carbons (Fsp3) is 0. The van der Waals surface area contributed by atoms with Crippen molar-refractivity contribution in [3.05, 3.63) is 54.5 Å². The van der Waals surface area contributed by atoms with Gasteiger partial charge in [-0.1, -0.05) is 11.2 Å². The molecule has 0 spiro atoms. The van der Waals surface area contributed by atoms with Crippen molar-refractivity contribution in [1.82, 2.24) is 15.1 Å². The van der Waals surface area contributed by atoms with E-state index in [0.717, 1.165) is 0 Å². The third-order valence-electron chi connectivity index (χ3n) is 2.41. The Morgan fingerprint density at radius 2 is 1.83 bits per heavy atom. The third-order valence-corrected chi connectivity index (χ3v) is 2.41. The summed E-state index contributed by atoms with van der Waals surface area (Å²) in [6, 6.07) is 11.3. The van der Waals surface area contributed by atoms with E-state index in [-0.39, 0.29) is 5.82 Å². The van der Waals surface area contributed by atoms with E-state index in [4.69, 9.17) is 4.52 Å². The smallest absolute Gasteiger partial charge is 0.276 e. The summed E-state index contributed by atoms with van der Waals surface area (Å²) in [5, 5.41) is 3.84. The summed E-state index contributed by atoms with van der Waals surface area (Å²) in [5.41, 5.74) is 1.31. The van der Waals surface area contributed by atoms with Crippen LogP contribution in [-0.4, -0.2) is 15.1 Å². The van der Waals surface area contributed by atoms with Crippen LogP contribution in [0.4, 0.5) is 4.39 Å². The molecule has 0 unspecified atom stereocenters. The van der Waals surface area contributed by atoms with Crippen LogP contribution in [0.2, 0.25) is 0 Å². The predicted molar refractivity (Wildman–Crippen MR) is 62.9 cm³/mol. The lowest BCUT2D eigenvalue weighted by Gasteiger charge is -1.92. The second kappa shape index (κ2) is 4.37. The van der Waals surface area contributed by atoms with Crippen molar-refractivity contribution in [3.63, 3.8) is 0 Å². The van der Waals surface area contributed by atoms with Gasteiger partial charge in [-0.15, -0.1) is 0 Å². The van der Waals surface area contributed by atoms with Crippen LogP contribution in [0.15, 0.2) is 53.2 Å². The average Bonchev–Trinajstić information content (AvgIpc) is 2.90. The normalized spacial score (nSPS) is 10.5. The zero-order chi connectivity index (χ0) is 12.4. The van der Waals surface area contributed by atoms with Gasteiger partial charge in [0.25, 0.3) is 5.89 Å².